The van der Waals surface area contributed by atoms with E-state index in [1.54, 1.807) is 31.2 Å². The van der Waals surface area contributed by atoms with Gasteiger partial charge in [0.1, 0.15) is 10.8 Å². The summed E-state index contributed by atoms with van der Waals surface area (Å²) in [6.07, 6.45) is 0. The molecular weight excluding hydrogens is 276 g/mol. The molecular formula is C14H10N2O3S. The molecule has 0 amide bonds. The van der Waals surface area contributed by atoms with E-state index < -0.39 is 4.92 Å². The number of phenols is 1. The molecule has 0 radical (unpaired) electrons. The average molecular weight is 286 g/mol. The number of hydrogen-bond acceptors (Lipinski definition) is 5. The topological polar surface area (TPSA) is 76.3 Å². The van der Waals surface area contributed by atoms with Gasteiger partial charge < -0.3 is 5.11 Å². The zero-order chi connectivity index (χ0) is 14.3. The number of fused-ring (bicyclic) bond motifs is 1. The molecule has 5 nitrogen and oxygen atoms in total. The van der Waals surface area contributed by atoms with Crippen LogP contribution in [0.5, 0.6) is 5.75 Å². The van der Waals surface area contributed by atoms with Gasteiger partial charge in [0.2, 0.25) is 0 Å². The summed E-state index contributed by atoms with van der Waals surface area (Å²) in [7, 11) is 0. The van der Waals surface area contributed by atoms with Crippen molar-refractivity contribution in [1.29, 1.82) is 0 Å². The summed E-state index contributed by atoms with van der Waals surface area (Å²) < 4.78 is 0.966. The van der Waals surface area contributed by atoms with Crippen molar-refractivity contribution in [2.24, 2.45) is 0 Å². The number of aryl methyl sites for hydroxylation is 1. The first-order chi connectivity index (χ1) is 9.54. The molecule has 0 unspecified atom stereocenters. The first-order valence-electron chi connectivity index (χ1n) is 5.89. The van der Waals surface area contributed by atoms with Gasteiger partial charge in [-0.25, -0.2) is 4.98 Å². The Bertz CT molecular complexity index is 826. The largest absolute Gasteiger partial charge is 0.508 e. The van der Waals surface area contributed by atoms with Gasteiger partial charge in [-0.3, -0.25) is 10.1 Å². The van der Waals surface area contributed by atoms with E-state index in [1.165, 1.54) is 17.4 Å². The Balaban J connectivity index is 2.11. The van der Waals surface area contributed by atoms with Crippen molar-refractivity contribution >= 4 is 27.2 Å². The van der Waals surface area contributed by atoms with Gasteiger partial charge in [-0.2, -0.15) is 0 Å². The van der Waals surface area contributed by atoms with Crippen LogP contribution in [0, 0.1) is 17.0 Å². The Morgan fingerprint density at radius 2 is 2.05 bits per heavy atom. The molecule has 0 atom stereocenters. The Morgan fingerprint density at radius 1 is 1.25 bits per heavy atom. The number of nitro groups is 1. The number of benzene rings is 2. The maximum atomic E-state index is 10.8. The maximum Gasteiger partial charge on any atom is 0.272 e. The lowest BCUT2D eigenvalue weighted by Crippen LogP contribution is -1.91. The number of phenolic OH excluding ortho intramolecular Hbond substituents is 1. The highest BCUT2D eigenvalue weighted by Crippen LogP contribution is 2.33. The minimum absolute atomic E-state index is 0.104. The standard InChI is InChI=1S/C14H10N2O3S/c1-8-6-9(2-4-12(8)16(18)19)14-15-11-7-10(17)3-5-13(11)20-14/h2-7,17H,1H3. The van der Waals surface area contributed by atoms with Gasteiger partial charge in [0.25, 0.3) is 5.69 Å². The quantitative estimate of drug-likeness (QED) is 0.573. The summed E-state index contributed by atoms with van der Waals surface area (Å²) >= 11 is 1.49. The normalized spacial score (nSPS) is 10.8. The van der Waals surface area contributed by atoms with Crippen molar-refractivity contribution in [2.75, 3.05) is 0 Å². The van der Waals surface area contributed by atoms with Crippen molar-refractivity contribution < 1.29 is 10.0 Å². The van der Waals surface area contributed by atoms with Crippen molar-refractivity contribution in [1.82, 2.24) is 4.98 Å². The van der Waals surface area contributed by atoms with Gasteiger partial charge in [0, 0.05) is 23.3 Å². The van der Waals surface area contributed by atoms with Crippen LogP contribution in [0.25, 0.3) is 20.8 Å². The number of nitrogens with zero attached hydrogens (tertiary/aromatic N) is 2. The molecule has 0 saturated carbocycles. The van der Waals surface area contributed by atoms with Crippen molar-refractivity contribution in [2.45, 2.75) is 6.92 Å². The first kappa shape index (κ1) is 12.6. The van der Waals surface area contributed by atoms with E-state index in [1.807, 2.05) is 6.07 Å². The average Bonchev–Trinajstić information content (AvgIpc) is 2.81. The van der Waals surface area contributed by atoms with E-state index in [-0.39, 0.29) is 11.4 Å². The van der Waals surface area contributed by atoms with Gasteiger partial charge in [-0.05, 0) is 31.2 Å². The predicted molar refractivity (Wildman–Crippen MR) is 78.1 cm³/mol. The monoisotopic (exact) mass is 286 g/mol. The van der Waals surface area contributed by atoms with Crippen molar-refractivity contribution in [3.05, 3.63) is 52.1 Å². The number of rotatable bonds is 2. The molecule has 3 aromatic rings. The van der Waals surface area contributed by atoms with Crippen LogP contribution in [0.15, 0.2) is 36.4 Å². The molecule has 20 heavy (non-hydrogen) atoms. The second-order valence-corrected chi connectivity index (χ2v) is 5.46. The molecule has 1 aromatic heterocycles. The molecule has 100 valence electrons. The molecule has 1 N–H and O–H groups in total. The molecule has 1 heterocycles. The Morgan fingerprint density at radius 3 is 2.75 bits per heavy atom. The fraction of sp³-hybridized carbons (Fsp3) is 0.0714. The number of aromatic nitrogens is 1. The van der Waals surface area contributed by atoms with Gasteiger partial charge in [-0.1, -0.05) is 0 Å². The minimum Gasteiger partial charge on any atom is -0.508 e. The van der Waals surface area contributed by atoms with E-state index in [9.17, 15) is 15.2 Å². The predicted octanol–water partition coefficient (Wildman–Crippen LogP) is 3.89. The summed E-state index contributed by atoms with van der Waals surface area (Å²) in [4.78, 5) is 14.9. The molecule has 2 aromatic carbocycles. The molecule has 3 rings (SSSR count). The third kappa shape index (κ3) is 2.10. The van der Waals surface area contributed by atoms with Crippen LogP contribution in [-0.2, 0) is 0 Å². The lowest BCUT2D eigenvalue weighted by Gasteiger charge is -1.99. The van der Waals surface area contributed by atoms with Gasteiger partial charge in [-0.15, -0.1) is 11.3 Å². The third-order valence-corrected chi connectivity index (χ3v) is 4.10. The zero-order valence-corrected chi connectivity index (χ0v) is 11.3. The van der Waals surface area contributed by atoms with E-state index in [4.69, 9.17) is 0 Å². The fourth-order valence-corrected chi connectivity index (χ4v) is 2.97. The van der Waals surface area contributed by atoms with E-state index in [0.29, 0.717) is 5.56 Å². The molecule has 0 aliphatic rings. The minimum atomic E-state index is -0.393. The number of thiazole rings is 1. The zero-order valence-electron chi connectivity index (χ0n) is 10.5. The van der Waals surface area contributed by atoms with E-state index in [2.05, 4.69) is 4.98 Å². The summed E-state index contributed by atoms with van der Waals surface area (Å²) in [6.45, 7) is 1.71. The molecule has 0 spiro atoms. The lowest BCUT2D eigenvalue weighted by molar-refractivity contribution is -0.385. The van der Waals surface area contributed by atoms with Crippen molar-refractivity contribution in [3.63, 3.8) is 0 Å². The molecule has 0 bridgehead atoms. The summed E-state index contributed by atoms with van der Waals surface area (Å²) in [5.74, 6) is 0.175. The molecule has 0 aliphatic heterocycles. The maximum absolute atomic E-state index is 10.8. The molecule has 0 aliphatic carbocycles. The Kier molecular flexibility index (Phi) is 2.87. The Hall–Kier alpha value is -2.47. The van der Waals surface area contributed by atoms with Crippen LogP contribution in [0.2, 0.25) is 0 Å². The van der Waals surface area contributed by atoms with Crippen LogP contribution < -0.4 is 0 Å². The molecule has 6 heteroatoms. The van der Waals surface area contributed by atoms with E-state index >= 15 is 0 Å². The molecule has 0 fully saturated rings. The van der Waals surface area contributed by atoms with E-state index in [0.717, 1.165) is 20.8 Å². The highest BCUT2D eigenvalue weighted by Gasteiger charge is 2.13. The van der Waals surface area contributed by atoms with Gasteiger partial charge in [0.15, 0.2) is 0 Å². The van der Waals surface area contributed by atoms with Crippen LogP contribution >= 0.6 is 11.3 Å². The van der Waals surface area contributed by atoms with Crippen LogP contribution in [0.1, 0.15) is 5.56 Å². The lowest BCUT2D eigenvalue weighted by atomic mass is 10.1. The Labute approximate surface area is 118 Å². The summed E-state index contributed by atoms with van der Waals surface area (Å²) in [5.41, 5.74) is 2.27. The number of aromatic hydroxyl groups is 1. The second kappa shape index (κ2) is 4.57. The SMILES string of the molecule is Cc1cc(-c2nc3cc(O)ccc3s2)ccc1[N+](=O)[O-]. The van der Waals surface area contributed by atoms with Gasteiger partial charge in [0.05, 0.1) is 15.1 Å². The van der Waals surface area contributed by atoms with Crippen LogP contribution in [0.4, 0.5) is 5.69 Å². The second-order valence-electron chi connectivity index (χ2n) is 4.43. The highest BCUT2D eigenvalue weighted by molar-refractivity contribution is 7.21. The molecule has 0 saturated heterocycles. The van der Waals surface area contributed by atoms with Gasteiger partial charge >= 0.3 is 0 Å². The number of hydrogen-bond donors (Lipinski definition) is 1. The summed E-state index contributed by atoms with van der Waals surface area (Å²) in [5, 5.41) is 21.0. The van der Waals surface area contributed by atoms with Crippen LogP contribution in [-0.4, -0.2) is 15.0 Å². The first-order valence-corrected chi connectivity index (χ1v) is 6.71. The third-order valence-electron chi connectivity index (χ3n) is 3.01. The highest BCUT2D eigenvalue weighted by atomic mass is 32.1. The number of nitro benzene ring substituents is 1. The smallest absolute Gasteiger partial charge is 0.272 e. The summed E-state index contributed by atoms with van der Waals surface area (Å²) in [6, 6.07) is 9.98. The van der Waals surface area contributed by atoms with Crippen LogP contribution in [0.3, 0.4) is 0 Å². The van der Waals surface area contributed by atoms with Crippen molar-refractivity contribution in [3.8, 4) is 16.3 Å². The fourth-order valence-electron chi connectivity index (χ4n) is 2.03.